The van der Waals surface area contributed by atoms with Crippen molar-refractivity contribution in [3.8, 4) is 5.75 Å². The van der Waals surface area contributed by atoms with E-state index < -0.39 is 11.4 Å². The lowest BCUT2D eigenvalue weighted by molar-refractivity contribution is -0.147. The van der Waals surface area contributed by atoms with Gasteiger partial charge in [-0.3, -0.25) is 9.59 Å². The second kappa shape index (κ2) is 5.61. The maximum atomic E-state index is 12.5. The number of carbonyl (C=O) groups is 2. The van der Waals surface area contributed by atoms with Gasteiger partial charge in [-0.1, -0.05) is 0 Å². The number of nitrogens with zero attached hydrogens (tertiary/aromatic N) is 1. The first-order chi connectivity index (χ1) is 10.9. The minimum atomic E-state index is -0.853. The van der Waals surface area contributed by atoms with Crippen LogP contribution in [0.15, 0.2) is 28.9 Å². The number of furan rings is 1. The van der Waals surface area contributed by atoms with Crippen molar-refractivity contribution in [3.63, 3.8) is 0 Å². The molecule has 2 heterocycles. The van der Waals surface area contributed by atoms with Crippen LogP contribution < -0.4 is 4.74 Å². The summed E-state index contributed by atoms with van der Waals surface area (Å²) in [6.45, 7) is 2.41. The van der Waals surface area contributed by atoms with Crippen molar-refractivity contribution >= 4 is 22.8 Å². The molecule has 0 spiro atoms. The molecular formula is C17H19NO5. The highest BCUT2D eigenvalue weighted by Gasteiger charge is 2.42. The Labute approximate surface area is 133 Å². The van der Waals surface area contributed by atoms with Crippen molar-refractivity contribution in [2.24, 2.45) is 5.41 Å². The van der Waals surface area contributed by atoms with Gasteiger partial charge in [0.25, 0.3) is 0 Å². The maximum absolute atomic E-state index is 12.5. The third-order valence-corrected chi connectivity index (χ3v) is 4.55. The Balaban J connectivity index is 1.75. The predicted octanol–water partition coefficient (Wildman–Crippen LogP) is 2.31. The Kier molecular flexibility index (Phi) is 3.75. The first-order valence-corrected chi connectivity index (χ1v) is 7.48. The molecule has 1 saturated heterocycles. The van der Waals surface area contributed by atoms with Gasteiger partial charge in [-0.05, 0) is 25.5 Å². The zero-order valence-electron chi connectivity index (χ0n) is 13.2. The summed E-state index contributed by atoms with van der Waals surface area (Å²) in [7, 11) is 1.58. The zero-order chi connectivity index (χ0) is 16.6. The molecule has 3 rings (SSSR count). The summed E-state index contributed by atoms with van der Waals surface area (Å²) >= 11 is 0. The number of benzene rings is 1. The molecular weight excluding hydrogens is 298 g/mol. The van der Waals surface area contributed by atoms with E-state index in [0.717, 1.165) is 10.9 Å². The maximum Gasteiger partial charge on any atom is 0.311 e. The minimum Gasteiger partial charge on any atom is -0.497 e. The highest BCUT2D eigenvalue weighted by molar-refractivity contribution is 5.89. The third kappa shape index (κ3) is 2.76. The molecule has 6 nitrogen and oxygen atoms in total. The van der Waals surface area contributed by atoms with E-state index in [0.29, 0.717) is 24.3 Å². The van der Waals surface area contributed by atoms with Crippen LogP contribution in [0.2, 0.25) is 0 Å². The van der Waals surface area contributed by atoms with Crippen LogP contribution in [0.1, 0.15) is 18.9 Å². The fourth-order valence-electron chi connectivity index (χ4n) is 2.95. The fraction of sp³-hybridized carbons (Fsp3) is 0.412. The van der Waals surface area contributed by atoms with Gasteiger partial charge in [0.05, 0.1) is 25.2 Å². The molecule has 23 heavy (non-hydrogen) atoms. The van der Waals surface area contributed by atoms with Gasteiger partial charge in [-0.15, -0.1) is 0 Å². The molecule has 0 bridgehead atoms. The molecule has 6 heteroatoms. The number of ether oxygens (including phenoxy) is 1. The molecule has 1 atom stereocenters. The Morgan fingerprint density at radius 1 is 1.43 bits per heavy atom. The van der Waals surface area contributed by atoms with Crippen LogP contribution in [0.25, 0.3) is 11.0 Å². The molecule has 0 radical (unpaired) electrons. The van der Waals surface area contributed by atoms with Crippen LogP contribution >= 0.6 is 0 Å². The molecule has 1 N–H and O–H groups in total. The molecule has 0 unspecified atom stereocenters. The highest BCUT2D eigenvalue weighted by atomic mass is 16.5. The molecule has 1 amide bonds. The van der Waals surface area contributed by atoms with Crippen LogP contribution in [0.5, 0.6) is 5.75 Å². The molecule has 1 fully saturated rings. The number of carboxylic acids is 1. The lowest BCUT2D eigenvalue weighted by Crippen LogP contribution is -2.35. The third-order valence-electron chi connectivity index (χ3n) is 4.55. The summed E-state index contributed by atoms with van der Waals surface area (Å²) in [5.41, 5.74) is 0.627. The molecule has 1 aromatic heterocycles. The van der Waals surface area contributed by atoms with Gasteiger partial charge in [0, 0.05) is 30.1 Å². The van der Waals surface area contributed by atoms with Crippen LogP contribution in [0.4, 0.5) is 0 Å². The number of carboxylic acid groups (broad SMARTS) is 1. The van der Waals surface area contributed by atoms with Gasteiger partial charge >= 0.3 is 5.97 Å². The standard InChI is InChI=1S/C17H19NO5/c1-17(16(20)21)5-6-18(10-17)15(19)7-11-9-23-14-8-12(22-2)3-4-13(11)14/h3-4,8-9H,5-7,10H2,1-2H3,(H,20,21)/t17-/m1/s1. The summed E-state index contributed by atoms with van der Waals surface area (Å²) in [6.07, 6.45) is 2.26. The highest BCUT2D eigenvalue weighted by Crippen LogP contribution is 2.31. The van der Waals surface area contributed by atoms with Crippen LogP contribution in [0, 0.1) is 5.41 Å². The number of likely N-dealkylation sites (tertiary alicyclic amines) is 1. The Bertz CT molecular complexity index is 765. The predicted molar refractivity (Wildman–Crippen MR) is 83.4 cm³/mol. The van der Waals surface area contributed by atoms with Crippen LogP contribution in [-0.2, 0) is 16.0 Å². The summed E-state index contributed by atoms with van der Waals surface area (Å²) in [4.78, 5) is 25.4. The largest absolute Gasteiger partial charge is 0.497 e. The Morgan fingerprint density at radius 3 is 2.87 bits per heavy atom. The van der Waals surface area contributed by atoms with Gasteiger partial charge in [-0.2, -0.15) is 0 Å². The van der Waals surface area contributed by atoms with E-state index in [1.807, 2.05) is 12.1 Å². The molecule has 1 aliphatic heterocycles. The smallest absolute Gasteiger partial charge is 0.311 e. The quantitative estimate of drug-likeness (QED) is 0.936. The zero-order valence-corrected chi connectivity index (χ0v) is 13.2. The number of hydrogen-bond acceptors (Lipinski definition) is 4. The van der Waals surface area contributed by atoms with Crippen molar-refractivity contribution in [2.75, 3.05) is 20.2 Å². The normalized spacial score (nSPS) is 20.9. The van der Waals surface area contributed by atoms with E-state index in [1.165, 1.54) is 0 Å². The Morgan fingerprint density at radius 2 is 2.22 bits per heavy atom. The van der Waals surface area contributed by atoms with Crippen molar-refractivity contribution in [1.29, 1.82) is 0 Å². The number of aliphatic carboxylic acids is 1. The molecule has 122 valence electrons. The first-order valence-electron chi connectivity index (χ1n) is 7.48. The summed E-state index contributed by atoms with van der Waals surface area (Å²) < 4.78 is 10.6. The number of methoxy groups -OCH3 is 1. The topological polar surface area (TPSA) is 80.0 Å². The Hall–Kier alpha value is -2.50. The van der Waals surface area contributed by atoms with Crippen molar-refractivity contribution in [3.05, 3.63) is 30.0 Å². The van der Waals surface area contributed by atoms with Crippen LogP contribution in [-0.4, -0.2) is 42.1 Å². The van der Waals surface area contributed by atoms with E-state index in [1.54, 1.807) is 31.3 Å². The number of carbonyl (C=O) groups excluding carboxylic acids is 1. The number of rotatable bonds is 4. The van der Waals surface area contributed by atoms with E-state index in [4.69, 9.17) is 9.15 Å². The lowest BCUT2D eigenvalue weighted by atomic mass is 9.90. The van der Waals surface area contributed by atoms with Crippen molar-refractivity contribution in [1.82, 2.24) is 4.90 Å². The van der Waals surface area contributed by atoms with Gasteiger partial charge in [0.1, 0.15) is 11.3 Å². The van der Waals surface area contributed by atoms with Crippen molar-refractivity contribution in [2.45, 2.75) is 19.8 Å². The number of fused-ring (bicyclic) bond motifs is 1. The number of hydrogen-bond donors (Lipinski definition) is 1. The monoisotopic (exact) mass is 317 g/mol. The second-order valence-electron chi connectivity index (χ2n) is 6.23. The van der Waals surface area contributed by atoms with Gasteiger partial charge in [0.15, 0.2) is 0 Å². The molecule has 0 saturated carbocycles. The average molecular weight is 317 g/mol. The van der Waals surface area contributed by atoms with E-state index >= 15 is 0 Å². The van der Waals surface area contributed by atoms with E-state index in [2.05, 4.69) is 0 Å². The summed E-state index contributed by atoms with van der Waals surface area (Å²) in [5, 5.41) is 10.1. The fourth-order valence-corrected chi connectivity index (χ4v) is 2.95. The first kappa shape index (κ1) is 15.4. The summed E-state index contributed by atoms with van der Waals surface area (Å²) in [5.74, 6) is -0.233. The van der Waals surface area contributed by atoms with Gasteiger partial charge in [-0.25, -0.2) is 0 Å². The van der Waals surface area contributed by atoms with Gasteiger partial charge < -0.3 is 19.2 Å². The molecule has 1 aromatic carbocycles. The second-order valence-corrected chi connectivity index (χ2v) is 6.23. The average Bonchev–Trinajstić information content (AvgIpc) is 3.12. The summed E-state index contributed by atoms with van der Waals surface area (Å²) in [6, 6.07) is 5.47. The molecule has 2 aromatic rings. The SMILES string of the molecule is COc1ccc2c(CC(=O)N3CC[C@@](C)(C(=O)O)C3)coc2c1. The van der Waals surface area contributed by atoms with Crippen LogP contribution in [0.3, 0.4) is 0 Å². The van der Waals surface area contributed by atoms with E-state index in [-0.39, 0.29) is 18.9 Å². The molecule has 1 aliphatic rings. The van der Waals surface area contributed by atoms with E-state index in [9.17, 15) is 14.7 Å². The van der Waals surface area contributed by atoms with Crippen molar-refractivity contribution < 1.29 is 23.8 Å². The van der Waals surface area contributed by atoms with Gasteiger partial charge in [0.2, 0.25) is 5.91 Å². The minimum absolute atomic E-state index is 0.0755. The number of amides is 1. The molecule has 0 aliphatic carbocycles. The lowest BCUT2D eigenvalue weighted by Gasteiger charge is -2.20.